The van der Waals surface area contributed by atoms with Gasteiger partial charge >= 0.3 is 11.9 Å². The Bertz CT molecular complexity index is 2450. The minimum Gasteiger partial charge on any atom is -0.494 e. The first-order valence-electron chi connectivity index (χ1n) is 17.2. The Labute approximate surface area is 310 Å². The monoisotopic (exact) mass is 716 g/mol. The molecule has 1 amide bonds. The van der Waals surface area contributed by atoms with Crippen molar-refractivity contribution in [2.45, 2.75) is 12.5 Å². The van der Waals surface area contributed by atoms with Gasteiger partial charge in [0.15, 0.2) is 11.5 Å². The maximum atomic E-state index is 14.5. The van der Waals surface area contributed by atoms with Crippen molar-refractivity contribution in [3.63, 3.8) is 0 Å². The molecule has 6 aromatic rings. The first-order valence-corrected chi connectivity index (χ1v) is 17.2. The van der Waals surface area contributed by atoms with Crippen molar-refractivity contribution in [2.75, 3.05) is 13.7 Å². The fraction of sp³-hybridized carbons (Fsp3) is 0.0909. The summed E-state index contributed by atoms with van der Waals surface area (Å²) in [5.74, 6) is 0.725. The highest BCUT2D eigenvalue weighted by molar-refractivity contribution is 6.03. The van der Waals surface area contributed by atoms with Crippen molar-refractivity contribution in [3.8, 4) is 34.5 Å². The summed E-state index contributed by atoms with van der Waals surface area (Å²) in [5.41, 5.74) is 2.38. The van der Waals surface area contributed by atoms with Crippen LogP contribution < -0.4 is 23.7 Å². The molecule has 0 saturated carbocycles. The topological polar surface area (TPSA) is 113 Å². The third kappa shape index (κ3) is 5.89. The van der Waals surface area contributed by atoms with Gasteiger partial charge in [-0.25, -0.2) is 14.6 Å². The number of carbonyl (C=O) groups excluding carboxylic acids is 3. The Morgan fingerprint density at radius 2 is 1.30 bits per heavy atom. The summed E-state index contributed by atoms with van der Waals surface area (Å²) in [6, 6.07) is 40.3. The van der Waals surface area contributed by atoms with Crippen LogP contribution in [0, 0.1) is 0 Å². The van der Waals surface area contributed by atoms with Gasteiger partial charge < -0.3 is 23.7 Å². The third-order valence-corrected chi connectivity index (χ3v) is 9.22. The zero-order valence-corrected chi connectivity index (χ0v) is 29.2. The number of rotatable bonds is 9. The van der Waals surface area contributed by atoms with E-state index in [4.69, 9.17) is 28.8 Å². The van der Waals surface area contributed by atoms with Crippen LogP contribution in [0.4, 0.5) is 0 Å². The number of fused-ring (bicyclic) bond motifs is 6. The molecule has 1 unspecified atom stereocenters. The van der Waals surface area contributed by atoms with E-state index in [1.54, 1.807) is 103 Å². The number of hydrogen-bond acceptors (Lipinski definition) is 9. The lowest BCUT2D eigenvalue weighted by Crippen LogP contribution is -2.44. The highest BCUT2D eigenvalue weighted by Gasteiger charge is 2.57. The van der Waals surface area contributed by atoms with Gasteiger partial charge in [-0.15, -0.1) is 0 Å². The number of hydrazone groups is 1. The Morgan fingerprint density at radius 1 is 0.685 bits per heavy atom. The van der Waals surface area contributed by atoms with Crippen LogP contribution in [-0.4, -0.2) is 42.8 Å². The van der Waals surface area contributed by atoms with Crippen LogP contribution >= 0.6 is 0 Å². The molecule has 0 saturated heterocycles. The number of hydrogen-bond donors (Lipinski definition) is 0. The molecule has 10 nitrogen and oxygen atoms in total. The van der Waals surface area contributed by atoms with Crippen molar-refractivity contribution in [3.05, 3.63) is 178 Å². The zero-order chi connectivity index (χ0) is 37.2. The van der Waals surface area contributed by atoms with E-state index >= 15 is 0 Å². The normalized spacial score (nSPS) is 15.2. The van der Waals surface area contributed by atoms with Gasteiger partial charge in [0, 0.05) is 34.4 Å². The molecule has 0 radical (unpaired) electrons. The van der Waals surface area contributed by atoms with Gasteiger partial charge in [0.1, 0.15) is 28.5 Å². The van der Waals surface area contributed by atoms with E-state index in [0.29, 0.717) is 68.5 Å². The van der Waals surface area contributed by atoms with Crippen LogP contribution in [0.2, 0.25) is 0 Å². The summed E-state index contributed by atoms with van der Waals surface area (Å²) in [7, 11) is 1.48. The molecule has 6 aromatic carbocycles. The third-order valence-electron chi connectivity index (χ3n) is 9.22. The summed E-state index contributed by atoms with van der Waals surface area (Å²) in [4.78, 5) is 40.5. The molecule has 0 aromatic heterocycles. The lowest BCUT2D eigenvalue weighted by atomic mass is 9.75. The first kappa shape index (κ1) is 33.9. The molecule has 2 heterocycles. The van der Waals surface area contributed by atoms with Gasteiger partial charge in [0.2, 0.25) is 0 Å². The molecule has 266 valence electrons. The standard InChI is InChI=1S/C44H32N2O8/c1-3-51-31-19-21-35-38(25-31)53-39-26-32(52-42(48)29-12-6-4-7-13-29)20-22-36(39)44(35)34-17-11-10-16-33(34)41(47)46(44)45-27-28-18-23-37(50-2)40(24-28)54-43(49)30-14-8-5-9-15-30/h4-27H,3H2,1-2H3/b45-27+. The molecule has 0 N–H and O–H groups in total. The molecule has 0 bridgehead atoms. The largest absolute Gasteiger partial charge is 0.494 e. The first-order chi connectivity index (χ1) is 26.4. The second-order valence-corrected chi connectivity index (χ2v) is 12.4. The van der Waals surface area contributed by atoms with Crippen LogP contribution in [0.5, 0.6) is 34.5 Å². The van der Waals surface area contributed by atoms with E-state index in [1.807, 2.05) is 43.3 Å². The van der Waals surface area contributed by atoms with Crippen LogP contribution in [0.25, 0.3) is 0 Å². The minimum atomic E-state index is -1.31. The van der Waals surface area contributed by atoms with E-state index < -0.39 is 17.5 Å². The highest BCUT2D eigenvalue weighted by Crippen LogP contribution is 2.58. The van der Waals surface area contributed by atoms with Crippen molar-refractivity contribution >= 4 is 24.1 Å². The molecular formula is C44H32N2O8. The van der Waals surface area contributed by atoms with E-state index in [0.717, 1.165) is 0 Å². The fourth-order valence-electron chi connectivity index (χ4n) is 6.83. The molecule has 8 rings (SSSR count). The number of amides is 1. The average molecular weight is 717 g/mol. The number of methoxy groups -OCH3 is 1. The summed E-state index contributed by atoms with van der Waals surface area (Å²) in [6.07, 6.45) is 1.53. The van der Waals surface area contributed by atoms with Gasteiger partial charge in [0.25, 0.3) is 5.91 Å². The van der Waals surface area contributed by atoms with Gasteiger partial charge in [-0.3, -0.25) is 4.79 Å². The quantitative estimate of drug-likeness (QED) is 0.0833. The van der Waals surface area contributed by atoms with Crippen molar-refractivity contribution in [1.29, 1.82) is 0 Å². The molecule has 10 heteroatoms. The SMILES string of the molecule is CCOc1ccc2c(c1)Oc1cc(OC(=O)c3ccccc3)ccc1C21c2ccccc2C(=O)N1/N=C/c1ccc(OC)c(OC(=O)c2ccccc2)c1. The molecule has 0 fully saturated rings. The van der Waals surface area contributed by atoms with E-state index in [2.05, 4.69) is 0 Å². The molecule has 0 aliphatic carbocycles. The number of benzene rings is 6. The van der Waals surface area contributed by atoms with Crippen LogP contribution in [0.3, 0.4) is 0 Å². The Kier molecular flexibility index (Phi) is 8.84. The van der Waals surface area contributed by atoms with Crippen molar-refractivity contribution in [1.82, 2.24) is 5.01 Å². The van der Waals surface area contributed by atoms with Crippen LogP contribution in [0.1, 0.15) is 60.3 Å². The summed E-state index contributed by atoms with van der Waals surface area (Å²) in [6.45, 7) is 2.32. The highest BCUT2D eigenvalue weighted by atomic mass is 16.6. The maximum Gasteiger partial charge on any atom is 0.343 e. The van der Waals surface area contributed by atoms with Crippen LogP contribution in [0.15, 0.2) is 145 Å². The second kappa shape index (κ2) is 14.1. The fourth-order valence-corrected chi connectivity index (χ4v) is 6.83. The number of esters is 2. The summed E-state index contributed by atoms with van der Waals surface area (Å²) >= 11 is 0. The Morgan fingerprint density at radius 3 is 1.96 bits per heavy atom. The molecule has 2 aliphatic rings. The predicted octanol–water partition coefficient (Wildman–Crippen LogP) is 8.42. The van der Waals surface area contributed by atoms with E-state index in [1.165, 1.54) is 18.3 Å². The minimum absolute atomic E-state index is 0.184. The van der Waals surface area contributed by atoms with Gasteiger partial charge in [-0.1, -0.05) is 54.6 Å². The van der Waals surface area contributed by atoms with Gasteiger partial charge in [-0.05, 0) is 85.3 Å². The molecule has 54 heavy (non-hydrogen) atoms. The zero-order valence-electron chi connectivity index (χ0n) is 29.2. The van der Waals surface area contributed by atoms with E-state index in [-0.39, 0.29) is 17.4 Å². The smallest absolute Gasteiger partial charge is 0.343 e. The van der Waals surface area contributed by atoms with E-state index in [9.17, 15) is 14.4 Å². The van der Waals surface area contributed by atoms with Crippen molar-refractivity contribution < 1.29 is 38.1 Å². The molecule has 2 aliphatic heterocycles. The maximum absolute atomic E-state index is 14.5. The molecular weight excluding hydrogens is 684 g/mol. The van der Waals surface area contributed by atoms with Crippen LogP contribution in [-0.2, 0) is 5.54 Å². The number of carbonyl (C=O) groups is 3. The Balaban J connectivity index is 1.25. The Hall–Kier alpha value is -7.20. The second-order valence-electron chi connectivity index (χ2n) is 12.4. The predicted molar refractivity (Wildman–Crippen MR) is 200 cm³/mol. The van der Waals surface area contributed by atoms with Crippen molar-refractivity contribution in [2.24, 2.45) is 5.10 Å². The number of ether oxygens (including phenoxy) is 5. The lowest BCUT2D eigenvalue weighted by molar-refractivity contribution is 0.0674. The summed E-state index contributed by atoms with van der Waals surface area (Å²) < 4.78 is 29.4. The molecule has 1 atom stereocenters. The van der Waals surface area contributed by atoms with Gasteiger partial charge in [0.05, 0.1) is 31.1 Å². The lowest BCUT2D eigenvalue weighted by Gasteiger charge is -2.41. The summed E-state index contributed by atoms with van der Waals surface area (Å²) in [5, 5.41) is 6.31. The molecule has 1 spiro atoms. The number of nitrogens with zero attached hydrogens (tertiary/aromatic N) is 2. The van der Waals surface area contributed by atoms with Gasteiger partial charge in [-0.2, -0.15) is 5.10 Å². The average Bonchev–Trinajstić information content (AvgIpc) is 3.45.